The third-order valence-electron chi connectivity index (χ3n) is 25.2. The number of nitrogens with zero attached hydrogens (tertiary/aromatic N) is 2. The second-order valence-electron chi connectivity index (χ2n) is 33.2. The molecule has 0 bridgehead atoms. The molecule has 4 aliphatic rings. The minimum Gasteiger partial charge on any atom is -0.487 e. The van der Waals surface area contributed by atoms with Crippen molar-refractivity contribution in [1.29, 1.82) is 0 Å². The van der Waals surface area contributed by atoms with Gasteiger partial charge in [0.05, 0.1) is 11.4 Å². The van der Waals surface area contributed by atoms with Crippen LogP contribution in [0.1, 0.15) is 208 Å². The van der Waals surface area contributed by atoms with Crippen molar-refractivity contribution >= 4 is 101 Å². The summed E-state index contributed by atoms with van der Waals surface area (Å²) in [6, 6.07) is 92.5. The fourth-order valence-corrected chi connectivity index (χ4v) is 19.3. The topological polar surface area (TPSA) is 24.9 Å². The first-order valence-corrected chi connectivity index (χ1v) is 41.1. The molecule has 4 nitrogen and oxygen atoms in total. The molecule has 17 rings (SSSR count). The summed E-state index contributed by atoms with van der Waals surface area (Å²) in [5.74, 6) is 3.37. The van der Waals surface area contributed by atoms with Crippen LogP contribution in [-0.2, 0) is 0 Å². The number of fused-ring (bicyclic) bond motifs is 2. The zero-order valence-corrected chi connectivity index (χ0v) is 64.7. The molecule has 0 aromatic heterocycles. The first-order chi connectivity index (χ1) is 52.9. The van der Waals surface area contributed by atoms with Crippen molar-refractivity contribution in [2.24, 2.45) is 11.8 Å². The quantitative estimate of drug-likeness (QED) is 0.0431. The van der Waals surface area contributed by atoms with Crippen molar-refractivity contribution < 1.29 is 9.47 Å². The normalized spacial score (nSPS) is 16.2. The minimum absolute atomic E-state index is 0.257. The lowest BCUT2D eigenvalue weighted by Crippen LogP contribution is -2.40. The maximum absolute atomic E-state index is 8.23. The van der Waals surface area contributed by atoms with E-state index in [2.05, 4.69) is 306 Å². The van der Waals surface area contributed by atoms with E-state index in [4.69, 9.17) is 9.47 Å². The molecule has 0 aliphatic heterocycles. The van der Waals surface area contributed by atoms with E-state index in [1.54, 1.807) is 0 Å². The summed E-state index contributed by atoms with van der Waals surface area (Å²) in [5.41, 5.74) is 23.2. The van der Waals surface area contributed by atoms with E-state index in [-0.39, 0.29) is 11.2 Å². The fraction of sp³-hybridized carbons (Fsp3) is 0.308. The van der Waals surface area contributed by atoms with Gasteiger partial charge in [-0.25, -0.2) is 0 Å². The summed E-state index contributed by atoms with van der Waals surface area (Å²) in [4.78, 5) is 5.04. The van der Waals surface area contributed by atoms with Crippen LogP contribution in [0, 0.1) is 53.4 Å². The molecule has 4 heteroatoms. The van der Waals surface area contributed by atoms with E-state index >= 15 is 0 Å². The lowest BCUT2D eigenvalue weighted by molar-refractivity contribution is 0.00321. The Hall–Kier alpha value is -10.2. The molecule has 0 N–H and O–H groups in total. The molecule has 13 aromatic rings. The van der Waals surface area contributed by atoms with Crippen LogP contribution in [0.3, 0.4) is 0 Å². The molecule has 0 saturated heterocycles. The maximum atomic E-state index is 8.23. The van der Waals surface area contributed by atoms with Gasteiger partial charge >= 0.3 is 0 Å². The van der Waals surface area contributed by atoms with Crippen LogP contribution >= 0.6 is 0 Å². The smallest absolute Gasteiger partial charge is 0.128 e. The summed E-state index contributed by atoms with van der Waals surface area (Å²) < 4.78 is 16.5. The van der Waals surface area contributed by atoms with Gasteiger partial charge < -0.3 is 19.3 Å². The van der Waals surface area contributed by atoms with Gasteiger partial charge in [-0.1, -0.05) is 268 Å². The number of benzene rings is 13. The fourth-order valence-electron chi connectivity index (χ4n) is 19.3. The van der Waals surface area contributed by atoms with Crippen LogP contribution in [0.2, 0.25) is 0 Å². The lowest BCUT2D eigenvalue weighted by Gasteiger charge is -2.42. The van der Waals surface area contributed by atoms with E-state index in [1.165, 1.54) is 213 Å². The third-order valence-corrected chi connectivity index (χ3v) is 25.2. The molecule has 0 heterocycles. The SMILES string of the molecule is Cc1ccc(C(=Cc2ccc(N(c3ccc(C)cc3)c3ccc4c5c(OC6(CC7CCCCC7)CCCCC6)ccc6c(N(c7ccc(C)cc7)c7ccc(C=C(c8ccc(C)cc8)c8ccc(C)cc8)cc7)ccc(c7c(OC8(CC9CCCCC9)CCCCC8)ccc3c47)c65)cc2)c2ccc(C)cc2)cc1. The van der Waals surface area contributed by atoms with Crippen LogP contribution < -0.4 is 19.3 Å². The van der Waals surface area contributed by atoms with E-state index in [1.807, 2.05) is 0 Å². The number of rotatable bonds is 20. The highest BCUT2D eigenvalue weighted by atomic mass is 16.5. The van der Waals surface area contributed by atoms with Gasteiger partial charge in [0.2, 0.25) is 0 Å². The zero-order chi connectivity index (χ0) is 73.3. The van der Waals surface area contributed by atoms with E-state index in [9.17, 15) is 0 Å². The average molecular weight is 1420 g/mol. The molecule has 0 atom stereocenters. The molecule has 4 fully saturated rings. The van der Waals surface area contributed by atoms with Crippen LogP contribution in [0.4, 0.5) is 34.1 Å². The van der Waals surface area contributed by atoms with Crippen LogP contribution in [0.5, 0.6) is 11.5 Å². The highest BCUT2D eigenvalue weighted by Gasteiger charge is 2.41. The number of hydrogen-bond donors (Lipinski definition) is 0. The highest BCUT2D eigenvalue weighted by molar-refractivity contribution is 6.38. The summed E-state index contributed by atoms with van der Waals surface area (Å²) >= 11 is 0. The molecule has 0 spiro atoms. The molecule has 108 heavy (non-hydrogen) atoms. The molecule has 0 radical (unpaired) electrons. The van der Waals surface area contributed by atoms with Gasteiger partial charge in [-0.2, -0.15) is 0 Å². The molecule has 13 aromatic carbocycles. The predicted molar refractivity (Wildman–Crippen MR) is 460 cm³/mol. The summed E-state index contributed by atoms with van der Waals surface area (Å²) in [7, 11) is 0. The Balaban J connectivity index is 0.898. The molecule has 544 valence electrons. The number of ether oxygens (including phenoxy) is 2. The van der Waals surface area contributed by atoms with Crippen molar-refractivity contribution in [3.8, 4) is 11.5 Å². The predicted octanol–water partition coefficient (Wildman–Crippen LogP) is 29.8. The van der Waals surface area contributed by atoms with Crippen molar-refractivity contribution in [2.45, 2.75) is 194 Å². The largest absolute Gasteiger partial charge is 0.487 e. The molecular formula is C104H106N2O2. The Morgan fingerprint density at radius 1 is 0.287 bits per heavy atom. The van der Waals surface area contributed by atoms with Crippen molar-refractivity contribution in [3.63, 3.8) is 0 Å². The van der Waals surface area contributed by atoms with Gasteiger partial charge in [-0.15, -0.1) is 0 Å². The van der Waals surface area contributed by atoms with E-state index in [0.717, 1.165) is 95.3 Å². The molecule has 0 unspecified atom stereocenters. The van der Waals surface area contributed by atoms with Gasteiger partial charge in [-0.3, -0.25) is 0 Å². The first kappa shape index (κ1) is 70.8. The zero-order valence-electron chi connectivity index (χ0n) is 64.7. The Morgan fingerprint density at radius 3 is 0.861 bits per heavy atom. The molecule has 0 amide bonds. The minimum atomic E-state index is -0.257. The Labute approximate surface area is 642 Å². The van der Waals surface area contributed by atoms with Crippen molar-refractivity contribution in [2.75, 3.05) is 9.80 Å². The highest BCUT2D eigenvalue weighted by Crippen LogP contribution is 2.56. The Bertz CT molecular complexity index is 4920. The van der Waals surface area contributed by atoms with Gasteiger partial charge in [0, 0.05) is 55.1 Å². The number of anilines is 6. The van der Waals surface area contributed by atoms with Crippen molar-refractivity contribution in [1.82, 2.24) is 0 Å². The second kappa shape index (κ2) is 30.8. The van der Waals surface area contributed by atoms with Crippen LogP contribution in [0.25, 0.3) is 66.4 Å². The van der Waals surface area contributed by atoms with E-state index in [0.29, 0.717) is 11.8 Å². The lowest BCUT2D eigenvalue weighted by atomic mass is 9.74. The van der Waals surface area contributed by atoms with Crippen LogP contribution in [0.15, 0.2) is 243 Å². The molecule has 4 saturated carbocycles. The van der Waals surface area contributed by atoms with Crippen molar-refractivity contribution in [3.05, 3.63) is 309 Å². The van der Waals surface area contributed by atoms with Gasteiger partial charge in [0.25, 0.3) is 0 Å². The van der Waals surface area contributed by atoms with E-state index < -0.39 is 0 Å². The Kier molecular flexibility index (Phi) is 20.2. The number of hydrogen-bond acceptors (Lipinski definition) is 4. The van der Waals surface area contributed by atoms with Crippen LogP contribution in [-0.4, -0.2) is 11.2 Å². The molecule has 4 aliphatic carbocycles. The second-order valence-corrected chi connectivity index (χ2v) is 33.2. The van der Waals surface area contributed by atoms with Gasteiger partial charge in [0.15, 0.2) is 0 Å². The number of aryl methyl sites for hydroxylation is 6. The molecular weight excluding hydrogens is 1310 g/mol. The monoisotopic (exact) mass is 1410 g/mol. The third kappa shape index (κ3) is 14.7. The maximum Gasteiger partial charge on any atom is 0.128 e. The summed E-state index contributed by atoms with van der Waals surface area (Å²) in [6.45, 7) is 13.1. The first-order valence-electron chi connectivity index (χ1n) is 41.1. The standard InChI is InChI=1S/C104H106N2O2/c1-71-23-39-81(40-24-71)93(82-41-25-72(2)26-42-82)67-77-35-51-87(52-36-77)105(85-47-31-75(5)32-48-85)95-59-55-91-99-89(95)57-61-97(107-103(63-15-9-16-64-103)69-79-19-11-7-12-20-79)101(99)92-56-60-96(90-58-62-98(102(91)100(90)92)108-104(65-17-10-18-66-104)70-80-21-13-8-14-22-80)106(86-49-33-76(6)34-50-86)88-53-37-78(38-54-88)68-94(83-43-27-73(3)28-44-83)84-45-29-74(4)30-46-84/h23-62,67-68,79-80H,7-22,63-66,69-70H2,1-6H3. The van der Waals surface area contributed by atoms with Gasteiger partial charge in [0.1, 0.15) is 22.7 Å². The summed E-state index contributed by atoms with van der Waals surface area (Å²) in [6.07, 6.45) is 31.8. The average Bonchev–Trinajstić information content (AvgIpc) is 0.694. The summed E-state index contributed by atoms with van der Waals surface area (Å²) in [5, 5.41) is 9.71. The van der Waals surface area contributed by atoms with Gasteiger partial charge in [-0.05, 0) is 270 Å². The Morgan fingerprint density at radius 2 is 0.556 bits per heavy atom.